The van der Waals surface area contributed by atoms with Gasteiger partial charge in [-0.3, -0.25) is 29.1 Å². The van der Waals surface area contributed by atoms with Crippen molar-refractivity contribution in [1.29, 1.82) is 0 Å². The molecule has 0 aromatic carbocycles. The molecule has 0 spiro atoms. The van der Waals surface area contributed by atoms with E-state index in [-0.39, 0.29) is 60.0 Å². The van der Waals surface area contributed by atoms with Crippen LogP contribution in [0.2, 0.25) is 0 Å². The molecule has 0 bridgehead atoms. The van der Waals surface area contributed by atoms with Gasteiger partial charge in [-0.05, 0) is 118 Å². The first-order valence-corrected chi connectivity index (χ1v) is 26.4. The fraction of sp³-hybridized carbons (Fsp3) is 0.667. The highest BCUT2D eigenvalue weighted by Crippen LogP contribution is 2.35. The highest BCUT2D eigenvalue weighted by molar-refractivity contribution is 5.91. The summed E-state index contributed by atoms with van der Waals surface area (Å²) in [7, 11) is 0. The Morgan fingerprint density at radius 1 is 0.614 bits per heavy atom. The predicted octanol–water partition coefficient (Wildman–Crippen LogP) is 10.8. The maximum atomic E-state index is 13.1. The molecule has 380 valence electrons. The van der Waals surface area contributed by atoms with Crippen molar-refractivity contribution < 1.29 is 38.1 Å². The number of carboxylic acid groups (broad SMARTS) is 1. The number of aliphatic carboxylic acids is 1. The van der Waals surface area contributed by atoms with Gasteiger partial charge in [-0.2, -0.15) is 9.97 Å². The predicted molar refractivity (Wildman–Crippen MR) is 262 cm³/mol. The minimum Gasteiger partial charge on any atom is -0.481 e. The van der Waals surface area contributed by atoms with Crippen molar-refractivity contribution in [1.82, 2.24) is 40.0 Å². The molecule has 2 amide bonds. The minimum absolute atomic E-state index is 0.0371. The number of ether oxygens (including phenoxy) is 1. The average molecular weight is 965 g/mol. The quantitative estimate of drug-likeness (QED) is 0.0921. The molecule has 16 heteroatoms. The van der Waals surface area contributed by atoms with E-state index >= 15 is 0 Å². The van der Waals surface area contributed by atoms with Gasteiger partial charge < -0.3 is 28.7 Å². The second-order valence-corrected chi connectivity index (χ2v) is 21.3. The molecule has 6 heterocycles. The molecule has 1 N–H and O–H groups in total. The molecular weight excluding hydrogens is 889 g/mol. The lowest BCUT2D eigenvalue weighted by Gasteiger charge is -2.31. The van der Waals surface area contributed by atoms with E-state index in [1.807, 2.05) is 57.4 Å². The zero-order valence-electron chi connectivity index (χ0n) is 41.9. The number of likely N-dealkylation sites (tertiary alicyclic amines) is 2. The third kappa shape index (κ3) is 16.0. The van der Waals surface area contributed by atoms with Gasteiger partial charge in [-0.15, -0.1) is 0 Å². The van der Waals surface area contributed by atoms with Gasteiger partial charge in [0, 0.05) is 62.8 Å². The molecule has 70 heavy (non-hydrogen) atoms. The van der Waals surface area contributed by atoms with E-state index in [1.54, 1.807) is 22.2 Å². The summed E-state index contributed by atoms with van der Waals surface area (Å²) >= 11 is 0. The van der Waals surface area contributed by atoms with E-state index in [2.05, 4.69) is 30.2 Å². The van der Waals surface area contributed by atoms with Crippen molar-refractivity contribution >= 4 is 23.8 Å². The molecule has 4 aromatic rings. The van der Waals surface area contributed by atoms with Gasteiger partial charge in [0.1, 0.15) is 5.60 Å². The van der Waals surface area contributed by atoms with Crippen LogP contribution in [0.3, 0.4) is 0 Å². The number of rotatable bonds is 18. The van der Waals surface area contributed by atoms with E-state index in [4.69, 9.17) is 13.8 Å². The molecule has 4 aromatic heterocycles. The van der Waals surface area contributed by atoms with Crippen molar-refractivity contribution in [3.63, 3.8) is 0 Å². The summed E-state index contributed by atoms with van der Waals surface area (Å²) in [5, 5.41) is 17.3. The Balaban J connectivity index is 0.000000208. The molecule has 2 aliphatic heterocycles. The van der Waals surface area contributed by atoms with Gasteiger partial charge in [0.15, 0.2) is 0 Å². The average Bonchev–Trinajstić information content (AvgIpc) is 4.08. The maximum Gasteiger partial charge on any atom is 0.307 e. The van der Waals surface area contributed by atoms with E-state index in [0.717, 1.165) is 69.6 Å². The monoisotopic (exact) mass is 965 g/mol. The molecule has 2 atom stereocenters. The van der Waals surface area contributed by atoms with Gasteiger partial charge in [0.05, 0.1) is 12.8 Å². The first kappa shape index (κ1) is 52.3. The normalized spacial score (nSPS) is 18.7. The Morgan fingerprint density at radius 2 is 1.01 bits per heavy atom. The highest BCUT2D eigenvalue weighted by atomic mass is 16.6. The number of amides is 2. The molecule has 2 saturated carbocycles. The lowest BCUT2D eigenvalue weighted by Crippen LogP contribution is -2.38. The van der Waals surface area contributed by atoms with Crippen LogP contribution in [0.25, 0.3) is 0 Å². The van der Waals surface area contributed by atoms with Crippen LogP contribution < -0.4 is 0 Å². The number of nitrogens with zero attached hydrogens (tertiary/aromatic N) is 8. The van der Waals surface area contributed by atoms with Crippen LogP contribution in [0.15, 0.2) is 58.1 Å². The van der Waals surface area contributed by atoms with Gasteiger partial charge in [-0.25, -0.2) is 0 Å². The van der Waals surface area contributed by atoms with E-state index in [1.165, 1.54) is 75.3 Å². The molecule has 2 saturated heterocycles. The number of carbonyl (C=O) groups is 4. The fourth-order valence-corrected chi connectivity index (χ4v) is 11.0. The third-order valence-corrected chi connectivity index (χ3v) is 14.9. The second-order valence-electron chi connectivity index (χ2n) is 21.3. The van der Waals surface area contributed by atoms with Crippen LogP contribution in [0.4, 0.5) is 0 Å². The van der Waals surface area contributed by atoms with E-state index in [0.29, 0.717) is 50.3 Å². The third-order valence-electron chi connectivity index (χ3n) is 14.9. The summed E-state index contributed by atoms with van der Waals surface area (Å²) in [4.78, 5) is 70.7. The summed E-state index contributed by atoms with van der Waals surface area (Å²) in [5.74, 6) is 0.913. The molecule has 8 rings (SSSR count). The SMILES string of the molecule is CC(C)(C)OC(=O)C[C@@H](CCCC1CCCCC1)c1nc(C(=O)N2CCC(c3ccncc3)CC2)no1.O=C(O)C[C@@H](CCCC1CCCCC1)c1nc(C(=O)N2CCC(c3ccncc3)CC2)no1. The smallest absolute Gasteiger partial charge is 0.307 e. The van der Waals surface area contributed by atoms with E-state index in [9.17, 15) is 24.3 Å². The van der Waals surface area contributed by atoms with Crippen LogP contribution in [-0.2, 0) is 14.3 Å². The summed E-state index contributed by atoms with van der Waals surface area (Å²) in [6.07, 6.45) is 29.6. The lowest BCUT2D eigenvalue weighted by atomic mass is 9.84. The topological polar surface area (TPSA) is 208 Å². The number of piperidine rings is 2. The Kier molecular flexibility index (Phi) is 19.5. The Bertz CT molecular complexity index is 2220. The van der Waals surface area contributed by atoms with Crippen molar-refractivity contribution in [3.8, 4) is 0 Å². The first-order chi connectivity index (χ1) is 33.9. The Labute approximate surface area is 413 Å². The van der Waals surface area contributed by atoms with Crippen molar-refractivity contribution in [3.05, 3.63) is 83.6 Å². The molecular formula is C54H76N8O8. The number of aromatic nitrogens is 6. The standard InChI is InChI=1S/C29H42N4O4.C25H34N4O4/c1-29(2,3)36-25(34)20-24(11-7-10-21-8-5-4-6-9-21)27-31-26(32-37-27)28(35)33-18-14-23(15-19-33)22-12-16-30-17-13-22;30-22(31)17-21(8-4-7-18-5-2-1-3-6-18)24-27-23(28-33-24)25(32)29-15-11-20(12-16-29)19-9-13-26-14-10-19/h12-13,16-17,21,23-24H,4-11,14-15,18-20H2,1-3H3;9-10,13-14,18,20-21H,1-8,11-12,15-17H2,(H,30,31)/t24-;21-/m11/s1. The highest BCUT2D eigenvalue weighted by Gasteiger charge is 2.32. The largest absolute Gasteiger partial charge is 0.481 e. The van der Waals surface area contributed by atoms with Crippen molar-refractivity contribution in [2.45, 2.75) is 191 Å². The summed E-state index contributed by atoms with van der Waals surface area (Å²) < 4.78 is 16.5. The maximum absolute atomic E-state index is 13.1. The van der Waals surface area contributed by atoms with Crippen LogP contribution in [0.1, 0.15) is 230 Å². The minimum atomic E-state index is -0.887. The van der Waals surface area contributed by atoms with Crippen LogP contribution in [0.5, 0.6) is 0 Å². The van der Waals surface area contributed by atoms with Crippen LogP contribution in [0, 0.1) is 11.8 Å². The molecule has 0 radical (unpaired) electrons. The van der Waals surface area contributed by atoms with Gasteiger partial charge in [0.25, 0.3) is 23.5 Å². The number of esters is 1. The molecule has 16 nitrogen and oxygen atoms in total. The molecule has 4 aliphatic rings. The summed E-state index contributed by atoms with van der Waals surface area (Å²) in [6.45, 7) is 8.17. The second kappa shape index (κ2) is 26.1. The Morgan fingerprint density at radius 3 is 1.40 bits per heavy atom. The zero-order valence-corrected chi connectivity index (χ0v) is 41.9. The van der Waals surface area contributed by atoms with Crippen molar-refractivity contribution in [2.75, 3.05) is 26.2 Å². The number of hydrogen-bond donors (Lipinski definition) is 1. The number of hydrogen-bond acceptors (Lipinski definition) is 13. The van der Waals surface area contributed by atoms with Crippen molar-refractivity contribution in [2.24, 2.45) is 11.8 Å². The molecule has 2 aliphatic carbocycles. The van der Waals surface area contributed by atoms with Gasteiger partial charge in [0.2, 0.25) is 11.8 Å². The molecule has 0 unspecified atom stereocenters. The summed E-state index contributed by atoms with van der Waals surface area (Å²) in [6, 6.07) is 8.16. The lowest BCUT2D eigenvalue weighted by molar-refractivity contribution is -0.155. The number of carbonyl (C=O) groups excluding carboxylic acids is 3. The Hall–Kier alpha value is -5.54. The first-order valence-electron chi connectivity index (χ1n) is 26.4. The van der Waals surface area contributed by atoms with Crippen LogP contribution in [-0.4, -0.2) is 101 Å². The van der Waals surface area contributed by atoms with Crippen LogP contribution >= 0.6 is 0 Å². The fourth-order valence-electron chi connectivity index (χ4n) is 11.0. The van der Waals surface area contributed by atoms with Gasteiger partial charge in [-0.1, -0.05) is 100 Å². The number of pyridine rings is 2. The summed E-state index contributed by atoms with van der Waals surface area (Å²) in [5.41, 5.74) is 1.97. The number of carboxylic acids is 1. The molecule has 4 fully saturated rings. The van der Waals surface area contributed by atoms with Gasteiger partial charge >= 0.3 is 11.9 Å². The van der Waals surface area contributed by atoms with E-state index < -0.39 is 11.6 Å². The zero-order chi connectivity index (χ0) is 49.3.